The zero-order valence-corrected chi connectivity index (χ0v) is 22.7. The first-order valence-electron chi connectivity index (χ1n) is 12.1. The molecule has 3 aromatic rings. The Morgan fingerprint density at radius 1 is 0.889 bits per heavy atom. The van der Waals surface area contributed by atoms with Crippen LogP contribution in [0, 0.1) is 0 Å². The summed E-state index contributed by atoms with van der Waals surface area (Å²) in [6.07, 6.45) is 4.20. The van der Waals surface area contributed by atoms with Crippen LogP contribution in [0.3, 0.4) is 0 Å². The topological polar surface area (TPSA) is 90.9 Å². The lowest BCUT2D eigenvalue weighted by Crippen LogP contribution is -2.49. The molecule has 2 heterocycles. The van der Waals surface area contributed by atoms with Crippen molar-refractivity contribution in [3.05, 3.63) is 66.4 Å². The van der Waals surface area contributed by atoms with Crippen LogP contribution in [0.1, 0.15) is 18.4 Å². The number of aromatic nitrogens is 1. The molecule has 0 spiro atoms. The fourth-order valence-electron chi connectivity index (χ4n) is 4.81. The summed E-state index contributed by atoms with van der Waals surface area (Å²) in [6.45, 7) is 2.89. The number of sulfonamides is 1. The van der Waals surface area contributed by atoms with E-state index in [1.165, 1.54) is 6.26 Å². The van der Waals surface area contributed by atoms with Gasteiger partial charge in [-0.25, -0.2) is 16.8 Å². The molecule has 4 rings (SSSR count). The first-order valence-corrected chi connectivity index (χ1v) is 15.4. The minimum absolute atomic E-state index is 0.143. The Bertz CT molecular complexity index is 1410. The Labute approximate surface area is 214 Å². The molecule has 8 nitrogen and oxygen atoms in total. The first kappa shape index (κ1) is 26.7. The third kappa shape index (κ3) is 5.95. The van der Waals surface area contributed by atoms with Crippen LogP contribution in [-0.2, 0) is 26.4 Å². The minimum atomic E-state index is -3.78. The molecular weight excluding hydrogens is 496 g/mol. The van der Waals surface area contributed by atoms with E-state index in [4.69, 9.17) is 0 Å². The van der Waals surface area contributed by atoms with Gasteiger partial charge in [-0.1, -0.05) is 36.4 Å². The van der Waals surface area contributed by atoms with Crippen LogP contribution >= 0.6 is 0 Å². The largest absolute Gasteiger partial charge is 0.308 e. The van der Waals surface area contributed by atoms with Crippen LogP contribution in [0.15, 0.2) is 70.6 Å². The van der Waals surface area contributed by atoms with Gasteiger partial charge in [-0.15, -0.1) is 0 Å². The second-order valence-corrected chi connectivity index (χ2v) is 13.5. The standard InChI is InChI=1S/C26H34N4O4S2/c1-28(2)18-19-30(36(33,34)25-12-6-9-21-10-7-15-27-26(21)25)23-13-16-29(17-14-23)20-22-8-4-5-11-24(22)35(3,31)32/h4-12,15,23H,13-14,16-20H2,1-3H3. The fraction of sp³-hybridized carbons (Fsp3) is 0.423. The second kappa shape index (κ2) is 10.9. The molecule has 10 heteroatoms. The summed E-state index contributed by atoms with van der Waals surface area (Å²) in [5, 5.41) is 0.797. The predicted molar refractivity (Wildman–Crippen MR) is 142 cm³/mol. The average Bonchev–Trinajstić information content (AvgIpc) is 2.84. The first-order chi connectivity index (χ1) is 17.1. The second-order valence-electron chi connectivity index (χ2n) is 9.64. The van der Waals surface area contributed by atoms with Gasteiger partial charge in [0.05, 0.1) is 10.4 Å². The summed E-state index contributed by atoms with van der Waals surface area (Å²) >= 11 is 0. The van der Waals surface area contributed by atoms with E-state index in [1.54, 1.807) is 40.8 Å². The average molecular weight is 531 g/mol. The van der Waals surface area contributed by atoms with E-state index >= 15 is 0 Å². The molecule has 1 fully saturated rings. The van der Waals surface area contributed by atoms with E-state index < -0.39 is 19.9 Å². The molecule has 1 aromatic heterocycles. The van der Waals surface area contributed by atoms with Gasteiger partial charge in [-0.3, -0.25) is 9.88 Å². The SMILES string of the molecule is CN(C)CCN(C1CCN(Cc2ccccc2S(C)(=O)=O)CC1)S(=O)(=O)c1cccc2cccnc12. The van der Waals surface area contributed by atoms with Crippen LogP contribution in [-0.4, -0.2) is 88.5 Å². The lowest BCUT2D eigenvalue weighted by Gasteiger charge is -2.38. The van der Waals surface area contributed by atoms with Gasteiger partial charge < -0.3 is 4.90 Å². The number of sulfone groups is 1. The number of likely N-dealkylation sites (tertiary alicyclic amines) is 1. The van der Waals surface area contributed by atoms with Crippen molar-refractivity contribution < 1.29 is 16.8 Å². The minimum Gasteiger partial charge on any atom is -0.308 e. The number of benzene rings is 2. The maximum atomic E-state index is 14.0. The van der Waals surface area contributed by atoms with Gasteiger partial charge in [0.1, 0.15) is 4.90 Å². The normalized spacial score (nSPS) is 16.2. The highest BCUT2D eigenvalue weighted by atomic mass is 32.2. The number of rotatable bonds is 9. The zero-order chi connectivity index (χ0) is 25.9. The number of nitrogens with zero attached hydrogens (tertiary/aromatic N) is 4. The molecule has 1 aliphatic heterocycles. The van der Waals surface area contributed by atoms with Gasteiger partial charge in [-0.2, -0.15) is 4.31 Å². The van der Waals surface area contributed by atoms with Crippen molar-refractivity contribution in [3.8, 4) is 0 Å². The molecule has 0 unspecified atom stereocenters. The number of pyridine rings is 1. The monoisotopic (exact) mass is 530 g/mol. The van der Waals surface area contributed by atoms with Crippen molar-refractivity contribution in [1.29, 1.82) is 0 Å². The smallest absolute Gasteiger partial charge is 0.245 e. The Hall–Kier alpha value is -2.37. The van der Waals surface area contributed by atoms with Crippen molar-refractivity contribution in [3.63, 3.8) is 0 Å². The molecular formula is C26H34N4O4S2. The van der Waals surface area contributed by atoms with Gasteiger partial charge in [-0.05, 0) is 50.7 Å². The predicted octanol–water partition coefficient (Wildman–Crippen LogP) is 2.86. The molecule has 0 aliphatic carbocycles. The number of para-hydroxylation sites is 1. The Balaban J connectivity index is 1.56. The molecule has 2 aromatic carbocycles. The maximum Gasteiger partial charge on any atom is 0.245 e. The quantitative estimate of drug-likeness (QED) is 0.420. The van der Waals surface area contributed by atoms with Crippen molar-refractivity contribution in [1.82, 2.24) is 19.1 Å². The van der Waals surface area contributed by atoms with Crippen LogP contribution in [0.2, 0.25) is 0 Å². The van der Waals surface area contributed by atoms with Crippen LogP contribution < -0.4 is 0 Å². The number of hydrogen-bond acceptors (Lipinski definition) is 7. The lowest BCUT2D eigenvalue weighted by atomic mass is 10.0. The van der Waals surface area contributed by atoms with Crippen molar-refractivity contribution in [2.24, 2.45) is 0 Å². The van der Waals surface area contributed by atoms with Gasteiger partial charge in [0.2, 0.25) is 10.0 Å². The summed E-state index contributed by atoms with van der Waals surface area (Å²) in [5.74, 6) is 0. The summed E-state index contributed by atoms with van der Waals surface area (Å²) < 4.78 is 54.0. The van der Waals surface area contributed by atoms with E-state index in [0.29, 0.717) is 56.0 Å². The molecule has 0 atom stereocenters. The van der Waals surface area contributed by atoms with E-state index in [2.05, 4.69) is 9.88 Å². The van der Waals surface area contributed by atoms with E-state index in [0.717, 1.165) is 10.9 Å². The van der Waals surface area contributed by atoms with E-state index in [1.807, 2.05) is 43.3 Å². The van der Waals surface area contributed by atoms with Crippen LogP contribution in [0.4, 0.5) is 0 Å². The Morgan fingerprint density at radius 3 is 2.25 bits per heavy atom. The van der Waals surface area contributed by atoms with Crippen molar-refractivity contribution in [2.45, 2.75) is 35.2 Å². The molecule has 0 radical (unpaired) electrons. The van der Waals surface area contributed by atoms with E-state index in [-0.39, 0.29) is 10.9 Å². The van der Waals surface area contributed by atoms with Gasteiger partial charge in [0, 0.05) is 56.6 Å². The van der Waals surface area contributed by atoms with Crippen molar-refractivity contribution >= 4 is 30.8 Å². The number of fused-ring (bicyclic) bond motifs is 1. The highest BCUT2D eigenvalue weighted by Gasteiger charge is 2.35. The summed E-state index contributed by atoms with van der Waals surface area (Å²) in [6, 6.07) is 15.9. The highest BCUT2D eigenvalue weighted by Crippen LogP contribution is 2.29. The van der Waals surface area contributed by atoms with Crippen LogP contribution in [0.25, 0.3) is 10.9 Å². The molecule has 0 N–H and O–H groups in total. The van der Waals surface area contributed by atoms with E-state index in [9.17, 15) is 16.8 Å². The zero-order valence-electron chi connectivity index (χ0n) is 21.0. The lowest BCUT2D eigenvalue weighted by molar-refractivity contribution is 0.148. The highest BCUT2D eigenvalue weighted by molar-refractivity contribution is 7.90. The van der Waals surface area contributed by atoms with Gasteiger partial charge in [0.25, 0.3) is 0 Å². The number of hydrogen-bond donors (Lipinski definition) is 0. The Kier molecular flexibility index (Phi) is 8.11. The summed E-state index contributed by atoms with van der Waals surface area (Å²) in [4.78, 5) is 9.17. The summed E-state index contributed by atoms with van der Waals surface area (Å²) in [7, 11) is -3.22. The van der Waals surface area contributed by atoms with Crippen molar-refractivity contribution in [2.75, 3.05) is 46.5 Å². The van der Waals surface area contributed by atoms with Gasteiger partial charge >= 0.3 is 0 Å². The molecule has 194 valence electrons. The fourth-order valence-corrected chi connectivity index (χ4v) is 7.59. The maximum absolute atomic E-state index is 14.0. The third-order valence-corrected chi connectivity index (χ3v) is 9.86. The third-order valence-electron chi connectivity index (χ3n) is 6.68. The molecule has 1 saturated heterocycles. The molecule has 1 aliphatic rings. The molecule has 0 amide bonds. The number of likely N-dealkylation sites (N-methyl/N-ethyl adjacent to an activating group) is 1. The van der Waals surface area contributed by atoms with Crippen LogP contribution in [0.5, 0.6) is 0 Å². The molecule has 0 saturated carbocycles. The molecule has 0 bridgehead atoms. The molecule has 36 heavy (non-hydrogen) atoms. The number of piperidine rings is 1. The Morgan fingerprint density at radius 2 is 1.56 bits per heavy atom. The summed E-state index contributed by atoms with van der Waals surface area (Å²) in [5.41, 5.74) is 1.27. The van der Waals surface area contributed by atoms with Gasteiger partial charge in [0.15, 0.2) is 9.84 Å².